The normalized spacial score (nSPS) is 30.0. The summed E-state index contributed by atoms with van der Waals surface area (Å²) in [6, 6.07) is 0. The Morgan fingerprint density at radius 3 is 3.00 bits per heavy atom. The fraction of sp³-hybridized carbons (Fsp3) is 0.625. The molecule has 0 bridgehead atoms. The Morgan fingerprint density at radius 2 is 2.37 bits per heavy atom. The molecule has 19 heavy (non-hydrogen) atoms. The first-order valence-corrected chi connectivity index (χ1v) is 5.26. The summed E-state index contributed by atoms with van der Waals surface area (Å²) in [6.45, 7) is -0.187. The highest BCUT2D eigenvalue weighted by molar-refractivity contribution is 5.10. The van der Waals surface area contributed by atoms with Gasteiger partial charge in [0, 0.05) is 4.91 Å². The van der Waals surface area contributed by atoms with Gasteiger partial charge in [-0.2, -0.15) is 4.57 Å². The maximum atomic E-state index is 10.7. The van der Waals surface area contributed by atoms with Crippen LogP contribution >= 0.6 is 0 Å². The van der Waals surface area contributed by atoms with E-state index in [0.29, 0.717) is 0 Å². The summed E-state index contributed by atoms with van der Waals surface area (Å²) in [7, 11) is 0. The predicted molar refractivity (Wildman–Crippen MR) is 58.8 cm³/mol. The molecular formula is C8H10N6O5. The molecule has 0 spiro atoms. The maximum Gasteiger partial charge on any atom is 0.436 e. The third-order valence-electron chi connectivity index (χ3n) is 2.75. The Labute approximate surface area is 105 Å². The minimum Gasteiger partial charge on any atom is -0.390 e. The Morgan fingerprint density at radius 1 is 1.63 bits per heavy atom. The number of aliphatic hydroxyl groups excluding tert-OH is 2. The van der Waals surface area contributed by atoms with Crippen molar-refractivity contribution in [2.75, 3.05) is 6.54 Å². The molecule has 0 saturated carbocycles. The van der Waals surface area contributed by atoms with Crippen LogP contribution in [0.15, 0.2) is 17.5 Å². The van der Waals surface area contributed by atoms with Crippen molar-refractivity contribution >= 4 is 5.95 Å². The standard InChI is InChI=1S/C8H10N6O5/c9-12-11-3-4-5(15)6(16)7(19-4)13-2-1-10-8(13)14(17)18/h1-2,4-7,15-16H,3H2/t4?,5-,6-,7?/m1/s1. The smallest absolute Gasteiger partial charge is 0.390 e. The number of ether oxygens (including phenoxy) is 1. The minimum absolute atomic E-state index is 0.187. The second-order valence-electron chi connectivity index (χ2n) is 3.85. The lowest BCUT2D eigenvalue weighted by molar-refractivity contribution is -0.398. The summed E-state index contributed by atoms with van der Waals surface area (Å²) in [5.41, 5.74) is 8.20. The SMILES string of the molecule is [N-]=[N+]=NCC1OC(n2ccnc2[N+](=O)[O-])[C@H](O)[C@@H]1O. The van der Waals surface area contributed by atoms with Crippen molar-refractivity contribution in [3.05, 3.63) is 33.0 Å². The third-order valence-corrected chi connectivity index (χ3v) is 2.75. The lowest BCUT2D eigenvalue weighted by atomic mass is 10.1. The highest BCUT2D eigenvalue weighted by Crippen LogP contribution is 2.31. The predicted octanol–water partition coefficient (Wildman–Crippen LogP) is -0.279. The second-order valence-corrected chi connectivity index (χ2v) is 3.85. The van der Waals surface area contributed by atoms with E-state index < -0.39 is 35.4 Å². The number of imidazole rings is 1. The molecule has 1 aliphatic rings. The van der Waals surface area contributed by atoms with Gasteiger partial charge in [0.05, 0.1) is 12.6 Å². The minimum atomic E-state index is -1.38. The van der Waals surface area contributed by atoms with Gasteiger partial charge in [0.15, 0.2) is 0 Å². The Hall–Kier alpha value is -2.20. The lowest BCUT2D eigenvalue weighted by Gasteiger charge is -2.13. The van der Waals surface area contributed by atoms with Gasteiger partial charge < -0.3 is 25.1 Å². The van der Waals surface area contributed by atoms with Gasteiger partial charge in [0.1, 0.15) is 24.6 Å². The first-order chi connectivity index (χ1) is 9.06. The molecule has 2 N–H and O–H groups in total. The molecule has 102 valence electrons. The molecule has 0 radical (unpaired) electrons. The molecule has 0 amide bonds. The number of rotatable bonds is 4. The van der Waals surface area contributed by atoms with Gasteiger partial charge in [-0.25, -0.2) is 0 Å². The van der Waals surface area contributed by atoms with Crippen molar-refractivity contribution in [1.29, 1.82) is 0 Å². The monoisotopic (exact) mass is 270 g/mol. The van der Waals surface area contributed by atoms with Crippen LogP contribution in [0.1, 0.15) is 6.23 Å². The molecule has 11 nitrogen and oxygen atoms in total. The third kappa shape index (κ3) is 2.35. The Balaban J connectivity index is 2.23. The zero-order valence-electron chi connectivity index (χ0n) is 9.47. The van der Waals surface area contributed by atoms with E-state index >= 15 is 0 Å². The van der Waals surface area contributed by atoms with Crippen LogP contribution in [-0.2, 0) is 4.74 Å². The molecular weight excluding hydrogens is 260 g/mol. The van der Waals surface area contributed by atoms with E-state index in [0.717, 1.165) is 4.57 Å². The zero-order chi connectivity index (χ0) is 14.0. The number of hydrogen-bond donors (Lipinski definition) is 2. The number of azide groups is 1. The topological polar surface area (TPSA) is 159 Å². The van der Waals surface area contributed by atoms with Crippen LogP contribution in [0.5, 0.6) is 0 Å². The van der Waals surface area contributed by atoms with E-state index in [2.05, 4.69) is 15.0 Å². The first-order valence-electron chi connectivity index (χ1n) is 5.26. The number of aromatic nitrogens is 2. The van der Waals surface area contributed by atoms with E-state index in [4.69, 9.17) is 10.3 Å². The molecule has 1 saturated heterocycles. The molecule has 1 aliphatic heterocycles. The molecule has 1 aromatic rings. The maximum absolute atomic E-state index is 10.7. The Kier molecular flexibility index (Phi) is 3.62. The summed E-state index contributed by atoms with van der Waals surface area (Å²) in [5, 5.41) is 33.5. The molecule has 0 aliphatic carbocycles. The van der Waals surface area contributed by atoms with E-state index in [1.54, 1.807) is 0 Å². The van der Waals surface area contributed by atoms with Gasteiger partial charge in [0.2, 0.25) is 6.23 Å². The second kappa shape index (κ2) is 5.20. The molecule has 2 rings (SSSR count). The van der Waals surface area contributed by atoms with Gasteiger partial charge >= 0.3 is 5.95 Å². The number of nitrogens with zero attached hydrogens (tertiary/aromatic N) is 6. The number of aliphatic hydroxyl groups is 2. The highest BCUT2D eigenvalue weighted by atomic mass is 16.6. The van der Waals surface area contributed by atoms with Crippen molar-refractivity contribution in [2.45, 2.75) is 24.5 Å². The van der Waals surface area contributed by atoms with Crippen LogP contribution in [0.4, 0.5) is 5.95 Å². The molecule has 2 heterocycles. The van der Waals surface area contributed by atoms with Crippen LogP contribution in [0.3, 0.4) is 0 Å². The van der Waals surface area contributed by atoms with Crippen LogP contribution in [0.2, 0.25) is 0 Å². The van der Waals surface area contributed by atoms with E-state index in [1.807, 2.05) is 0 Å². The van der Waals surface area contributed by atoms with E-state index in [1.165, 1.54) is 12.4 Å². The highest BCUT2D eigenvalue weighted by Gasteiger charge is 2.46. The average Bonchev–Trinajstić information content (AvgIpc) is 2.95. The summed E-state index contributed by atoms with van der Waals surface area (Å²) < 4.78 is 6.28. The fourth-order valence-electron chi connectivity index (χ4n) is 1.87. The summed E-state index contributed by atoms with van der Waals surface area (Å²) >= 11 is 0. The number of hydrogen-bond acceptors (Lipinski definition) is 7. The van der Waals surface area contributed by atoms with Crippen molar-refractivity contribution in [3.8, 4) is 0 Å². The quantitative estimate of drug-likeness (QED) is 0.251. The fourth-order valence-corrected chi connectivity index (χ4v) is 1.87. The molecule has 1 aromatic heterocycles. The molecule has 4 atom stereocenters. The van der Waals surface area contributed by atoms with Gasteiger partial charge in [-0.15, -0.1) is 0 Å². The van der Waals surface area contributed by atoms with Crippen LogP contribution in [-0.4, -0.2) is 49.5 Å². The van der Waals surface area contributed by atoms with E-state index in [9.17, 15) is 20.3 Å². The van der Waals surface area contributed by atoms with Crippen molar-refractivity contribution in [3.63, 3.8) is 0 Å². The van der Waals surface area contributed by atoms with Crippen LogP contribution < -0.4 is 0 Å². The van der Waals surface area contributed by atoms with Gasteiger partial charge in [-0.05, 0) is 10.5 Å². The van der Waals surface area contributed by atoms with Gasteiger partial charge in [0.25, 0.3) is 0 Å². The summed E-state index contributed by atoms with van der Waals surface area (Å²) in [5.74, 6) is -0.513. The zero-order valence-corrected chi connectivity index (χ0v) is 9.47. The van der Waals surface area contributed by atoms with Gasteiger partial charge in [-0.1, -0.05) is 10.1 Å². The Bertz CT molecular complexity index is 525. The van der Waals surface area contributed by atoms with E-state index in [-0.39, 0.29) is 6.54 Å². The molecule has 11 heteroatoms. The lowest BCUT2D eigenvalue weighted by Crippen LogP contribution is -2.32. The van der Waals surface area contributed by atoms with Crippen molar-refractivity contribution < 1.29 is 19.9 Å². The van der Waals surface area contributed by atoms with Gasteiger partial charge in [-0.3, -0.25) is 0 Å². The van der Waals surface area contributed by atoms with Crippen LogP contribution in [0, 0.1) is 10.1 Å². The van der Waals surface area contributed by atoms with Crippen molar-refractivity contribution in [2.24, 2.45) is 5.11 Å². The molecule has 1 fully saturated rings. The molecule has 2 unspecified atom stereocenters. The number of nitro groups is 1. The first kappa shape index (κ1) is 13.2. The summed E-state index contributed by atoms with van der Waals surface area (Å²) in [6.07, 6.45) is -2.34. The van der Waals surface area contributed by atoms with Crippen molar-refractivity contribution in [1.82, 2.24) is 9.55 Å². The molecule has 0 aromatic carbocycles. The van der Waals surface area contributed by atoms with Crippen LogP contribution in [0.25, 0.3) is 10.4 Å². The average molecular weight is 270 g/mol. The summed E-state index contributed by atoms with van der Waals surface area (Å²) in [4.78, 5) is 16.0. The largest absolute Gasteiger partial charge is 0.436 e.